The molecule has 0 aromatic heterocycles. The maximum absolute atomic E-state index is 9.12. The SMILES string of the molecule is C#Cc1ccccc1C1CCC(CO)CC1.C1=CC2=CC=C1C2. The maximum atomic E-state index is 9.12. The first-order valence-corrected chi connectivity index (χ1v) is 8.54. The number of rotatable bonds is 2. The number of hydrogen-bond acceptors (Lipinski definition) is 1. The van der Waals surface area contributed by atoms with Gasteiger partial charge in [-0.2, -0.15) is 0 Å². The fraction of sp³-hybridized carbons (Fsp3) is 0.364. The molecule has 1 heteroatoms. The van der Waals surface area contributed by atoms with Crippen LogP contribution < -0.4 is 0 Å². The Balaban J connectivity index is 0.000000183. The van der Waals surface area contributed by atoms with Crippen LogP contribution in [0.1, 0.15) is 49.1 Å². The highest BCUT2D eigenvalue weighted by Crippen LogP contribution is 2.36. The third kappa shape index (κ3) is 3.84. The second-order valence-electron chi connectivity index (χ2n) is 6.63. The molecule has 1 fully saturated rings. The number of fused-ring (bicyclic) bond motifs is 2. The molecular formula is C22H24O. The summed E-state index contributed by atoms with van der Waals surface area (Å²) in [4.78, 5) is 0. The van der Waals surface area contributed by atoms with E-state index < -0.39 is 0 Å². The fourth-order valence-corrected chi connectivity index (χ4v) is 3.65. The summed E-state index contributed by atoms with van der Waals surface area (Å²) in [5, 5.41) is 9.12. The third-order valence-electron chi connectivity index (χ3n) is 5.09. The number of allylic oxidation sites excluding steroid dienone is 6. The molecule has 0 spiro atoms. The summed E-state index contributed by atoms with van der Waals surface area (Å²) in [5.74, 6) is 3.87. The molecule has 0 atom stereocenters. The average Bonchev–Trinajstić information content (AvgIpc) is 3.28. The van der Waals surface area contributed by atoms with Gasteiger partial charge in [-0.3, -0.25) is 0 Å². The minimum absolute atomic E-state index is 0.337. The standard InChI is InChI=1S/C15H18O.C7H6/c1-2-13-5-3-4-6-15(13)14-9-7-12(11-16)8-10-14;1-2-7-4-3-6(1)5-7/h1,3-6,12,14,16H,7-11H2;1-4H,5H2. The molecule has 3 aliphatic carbocycles. The molecule has 1 aromatic carbocycles. The van der Waals surface area contributed by atoms with Crippen LogP contribution in [0.3, 0.4) is 0 Å². The van der Waals surface area contributed by atoms with E-state index in [4.69, 9.17) is 11.5 Å². The predicted molar refractivity (Wildman–Crippen MR) is 96.1 cm³/mol. The molecule has 0 heterocycles. The van der Waals surface area contributed by atoms with Crippen molar-refractivity contribution in [3.05, 3.63) is 70.8 Å². The van der Waals surface area contributed by atoms with Crippen LogP contribution >= 0.6 is 0 Å². The number of aliphatic hydroxyl groups excluding tert-OH is 1. The molecule has 1 N–H and O–H groups in total. The van der Waals surface area contributed by atoms with Gasteiger partial charge in [-0.15, -0.1) is 6.42 Å². The van der Waals surface area contributed by atoms with Gasteiger partial charge in [0.15, 0.2) is 0 Å². The van der Waals surface area contributed by atoms with Crippen molar-refractivity contribution in [1.29, 1.82) is 0 Å². The number of hydrogen-bond donors (Lipinski definition) is 1. The van der Waals surface area contributed by atoms with Gasteiger partial charge < -0.3 is 5.11 Å². The van der Waals surface area contributed by atoms with E-state index in [0.717, 1.165) is 31.2 Å². The van der Waals surface area contributed by atoms with Gasteiger partial charge in [0.05, 0.1) is 0 Å². The first-order chi connectivity index (χ1) is 11.3. The highest BCUT2D eigenvalue weighted by molar-refractivity contribution is 5.49. The minimum atomic E-state index is 0.337. The molecular weight excluding hydrogens is 280 g/mol. The normalized spacial score (nSPS) is 24.3. The summed E-state index contributed by atoms with van der Waals surface area (Å²) in [6, 6.07) is 8.24. The molecule has 0 saturated heterocycles. The van der Waals surface area contributed by atoms with Crippen LogP contribution in [0.2, 0.25) is 0 Å². The Morgan fingerprint density at radius 3 is 2.13 bits per heavy atom. The summed E-state index contributed by atoms with van der Waals surface area (Å²) in [6.45, 7) is 0.337. The van der Waals surface area contributed by atoms with Crippen molar-refractivity contribution in [1.82, 2.24) is 0 Å². The number of aliphatic hydroxyl groups is 1. The fourth-order valence-electron chi connectivity index (χ4n) is 3.65. The molecule has 0 aliphatic heterocycles. The molecule has 3 aliphatic rings. The first-order valence-electron chi connectivity index (χ1n) is 8.54. The Bertz CT molecular complexity index is 656. The smallest absolute Gasteiger partial charge is 0.0459 e. The lowest BCUT2D eigenvalue weighted by molar-refractivity contribution is 0.182. The summed E-state index contributed by atoms with van der Waals surface area (Å²) < 4.78 is 0. The molecule has 1 saturated carbocycles. The molecule has 0 radical (unpaired) electrons. The largest absolute Gasteiger partial charge is 0.396 e. The summed E-state index contributed by atoms with van der Waals surface area (Å²) in [6.07, 6.45) is 20.0. The van der Waals surface area contributed by atoms with Crippen LogP contribution in [-0.2, 0) is 0 Å². The monoisotopic (exact) mass is 304 g/mol. The molecule has 0 amide bonds. The van der Waals surface area contributed by atoms with E-state index in [1.165, 1.54) is 23.1 Å². The van der Waals surface area contributed by atoms with Crippen molar-refractivity contribution in [2.45, 2.75) is 38.0 Å². The summed E-state index contributed by atoms with van der Waals surface area (Å²) in [7, 11) is 0. The Morgan fingerprint density at radius 1 is 1.00 bits per heavy atom. The van der Waals surface area contributed by atoms with E-state index in [0.29, 0.717) is 18.4 Å². The van der Waals surface area contributed by atoms with Crippen molar-refractivity contribution in [3.8, 4) is 12.3 Å². The molecule has 118 valence electrons. The Morgan fingerprint density at radius 2 is 1.65 bits per heavy atom. The van der Waals surface area contributed by atoms with E-state index in [1.807, 2.05) is 12.1 Å². The Labute approximate surface area is 139 Å². The van der Waals surface area contributed by atoms with Crippen LogP contribution in [0.25, 0.3) is 0 Å². The zero-order chi connectivity index (χ0) is 16.1. The first kappa shape index (κ1) is 15.8. The van der Waals surface area contributed by atoms with Crippen molar-refractivity contribution in [3.63, 3.8) is 0 Å². The summed E-state index contributed by atoms with van der Waals surface area (Å²) >= 11 is 0. The van der Waals surface area contributed by atoms with Crippen LogP contribution in [0, 0.1) is 18.3 Å². The topological polar surface area (TPSA) is 20.2 Å². The molecule has 23 heavy (non-hydrogen) atoms. The maximum Gasteiger partial charge on any atom is 0.0459 e. The van der Waals surface area contributed by atoms with Gasteiger partial charge in [0.2, 0.25) is 0 Å². The Hall–Kier alpha value is -2.04. The van der Waals surface area contributed by atoms with Crippen LogP contribution in [0.15, 0.2) is 59.7 Å². The lowest BCUT2D eigenvalue weighted by Gasteiger charge is -2.28. The van der Waals surface area contributed by atoms with Crippen molar-refractivity contribution in [2.75, 3.05) is 6.61 Å². The Kier molecular flexibility index (Phi) is 5.16. The molecule has 4 rings (SSSR count). The van der Waals surface area contributed by atoms with E-state index in [1.54, 1.807) is 0 Å². The van der Waals surface area contributed by atoms with E-state index in [9.17, 15) is 0 Å². The van der Waals surface area contributed by atoms with Gasteiger partial charge in [-0.1, -0.05) is 48.4 Å². The lowest BCUT2D eigenvalue weighted by Crippen LogP contribution is -2.16. The van der Waals surface area contributed by atoms with Crippen LogP contribution in [-0.4, -0.2) is 11.7 Å². The van der Waals surface area contributed by atoms with Gasteiger partial charge in [0.25, 0.3) is 0 Å². The number of benzene rings is 1. The second-order valence-corrected chi connectivity index (χ2v) is 6.63. The van der Waals surface area contributed by atoms with Crippen molar-refractivity contribution < 1.29 is 5.11 Å². The van der Waals surface area contributed by atoms with E-state index in [2.05, 4.69) is 42.4 Å². The van der Waals surface area contributed by atoms with E-state index >= 15 is 0 Å². The predicted octanol–water partition coefficient (Wildman–Crippen LogP) is 4.75. The number of terminal acetylenes is 1. The van der Waals surface area contributed by atoms with Crippen LogP contribution in [0.5, 0.6) is 0 Å². The second kappa shape index (κ2) is 7.49. The van der Waals surface area contributed by atoms with Crippen molar-refractivity contribution >= 4 is 0 Å². The van der Waals surface area contributed by atoms with Crippen LogP contribution in [0.4, 0.5) is 0 Å². The molecule has 2 bridgehead atoms. The van der Waals surface area contributed by atoms with Gasteiger partial charge >= 0.3 is 0 Å². The highest BCUT2D eigenvalue weighted by Gasteiger charge is 2.22. The van der Waals surface area contributed by atoms with Crippen molar-refractivity contribution in [2.24, 2.45) is 5.92 Å². The lowest BCUT2D eigenvalue weighted by atomic mass is 9.78. The quantitative estimate of drug-likeness (QED) is 0.782. The summed E-state index contributed by atoms with van der Waals surface area (Å²) in [5.41, 5.74) is 5.29. The average molecular weight is 304 g/mol. The highest BCUT2D eigenvalue weighted by atomic mass is 16.3. The van der Waals surface area contributed by atoms with Gasteiger partial charge in [0.1, 0.15) is 0 Å². The third-order valence-corrected chi connectivity index (χ3v) is 5.09. The molecule has 1 aromatic rings. The van der Waals surface area contributed by atoms with Gasteiger partial charge in [0, 0.05) is 12.2 Å². The van der Waals surface area contributed by atoms with Gasteiger partial charge in [-0.05, 0) is 66.7 Å². The zero-order valence-electron chi connectivity index (χ0n) is 13.5. The zero-order valence-corrected chi connectivity index (χ0v) is 13.5. The van der Waals surface area contributed by atoms with E-state index in [-0.39, 0.29) is 0 Å². The molecule has 0 unspecified atom stereocenters. The minimum Gasteiger partial charge on any atom is -0.396 e. The van der Waals surface area contributed by atoms with Gasteiger partial charge in [-0.25, -0.2) is 0 Å². The molecule has 1 nitrogen and oxygen atoms in total.